The molecule has 0 aliphatic carbocycles. The summed E-state index contributed by atoms with van der Waals surface area (Å²) in [6.07, 6.45) is 0.364. The van der Waals surface area contributed by atoms with Gasteiger partial charge >= 0.3 is 0 Å². The van der Waals surface area contributed by atoms with E-state index in [0.717, 1.165) is 22.6 Å². The molecule has 0 spiro atoms. The summed E-state index contributed by atoms with van der Waals surface area (Å²) < 4.78 is 35.4. The number of carbonyl (C=O) groups is 1. The smallest absolute Gasteiger partial charge is 0.241 e. The maximum Gasteiger partial charge on any atom is 0.241 e. The molecular weight excluding hydrogens is 452 g/mol. The fraction of sp³-hybridized carbons (Fsp3) is 0.360. The second-order valence-electron chi connectivity index (χ2n) is 8.59. The number of rotatable bonds is 10. The molecule has 0 aliphatic heterocycles. The highest BCUT2D eigenvalue weighted by Gasteiger charge is 2.27. The summed E-state index contributed by atoms with van der Waals surface area (Å²) in [6.45, 7) is 7.99. The van der Waals surface area contributed by atoms with Crippen LogP contribution in [0.25, 0.3) is 5.69 Å². The normalized spacial score (nSPS) is 12.5. The average Bonchev–Trinajstić information content (AvgIpc) is 3.10. The molecule has 2 N–H and O–H groups in total. The van der Waals surface area contributed by atoms with Crippen molar-refractivity contribution in [2.45, 2.75) is 51.6 Å². The van der Waals surface area contributed by atoms with Crippen LogP contribution in [0.3, 0.4) is 0 Å². The Hall–Kier alpha value is -3.17. The van der Waals surface area contributed by atoms with Gasteiger partial charge in [-0.05, 0) is 62.6 Å². The van der Waals surface area contributed by atoms with E-state index in [1.807, 2.05) is 62.7 Å². The number of para-hydroxylation sites is 1. The monoisotopic (exact) mass is 484 g/mol. The van der Waals surface area contributed by atoms with Crippen LogP contribution < -0.4 is 14.8 Å². The molecule has 0 aliphatic rings. The minimum atomic E-state index is -3.89. The molecule has 1 amide bonds. The molecule has 1 atom stereocenters. The second kappa shape index (κ2) is 10.8. The summed E-state index contributed by atoms with van der Waals surface area (Å²) in [7, 11) is -2.38. The van der Waals surface area contributed by atoms with Gasteiger partial charge in [-0.15, -0.1) is 0 Å². The average molecular weight is 485 g/mol. The van der Waals surface area contributed by atoms with Crippen molar-refractivity contribution in [2.24, 2.45) is 5.92 Å². The maximum atomic E-state index is 13.1. The molecule has 1 unspecified atom stereocenters. The van der Waals surface area contributed by atoms with E-state index < -0.39 is 16.1 Å². The lowest BCUT2D eigenvalue weighted by Crippen LogP contribution is -2.47. The molecule has 1 aromatic heterocycles. The molecule has 3 rings (SSSR count). The van der Waals surface area contributed by atoms with Gasteiger partial charge in [0.25, 0.3) is 0 Å². The lowest BCUT2D eigenvalue weighted by atomic mass is 10.0. The van der Waals surface area contributed by atoms with Crippen molar-refractivity contribution in [3.63, 3.8) is 0 Å². The molecule has 182 valence electrons. The number of nitrogens with zero attached hydrogens (tertiary/aromatic N) is 2. The SMILES string of the molecule is COc1ccc(S(=O)(=O)NC(CC(C)C)C(=O)NCc2c(C)nn(-c3ccccc3)c2C)cc1. The first kappa shape index (κ1) is 25.5. The number of carbonyl (C=O) groups excluding carboxylic acids is 1. The van der Waals surface area contributed by atoms with Crippen LogP contribution in [-0.2, 0) is 21.4 Å². The van der Waals surface area contributed by atoms with Crippen LogP contribution in [0.5, 0.6) is 5.75 Å². The summed E-state index contributed by atoms with van der Waals surface area (Å²) in [5.74, 6) is 0.285. The predicted molar refractivity (Wildman–Crippen MR) is 131 cm³/mol. The third kappa shape index (κ3) is 6.03. The Balaban J connectivity index is 1.75. The van der Waals surface area contributed by atoms with Gasteiger partial charge in [-0.3, -0.25) is 4.79 Å². The van der Waals surface area contributed by atoms with Crippen molar-refractivity contribution >= 4 is 15.9 Å². The summed E-state index contributed by atoms with van der Waals surface area (Å²) >= 11 is 0. The molecule has 0 fully saturated rings. The number of aromatic nitrogens is 2. The highest BCUT2D eigenvalue weighted by Crippen LogP contribution is 2.19. The van der Waals surface area contributed by atoms with E-state index in [-0.39, 0.29) is 23.3 Å². The minimum absolute atomic E-state index is 0.0747. The molecule has 34 heavy (non-hydrogen) atoms. The van der Waals surface area contributed by atoms with Gasteiger partial charge in [-0.25, -0.2) is 13.1 Å². The largest absolute Gasteiger partial charge is 0.497 e. The zero-order valence-corrected chi connectivity index (χ0v) is 21.0. The van der Waals surface area contributed by atoms with Crippen molar-refractivity contribution in [1.82, 2.24) is 19.8 Å². The van der Waals surface area contributed by atoms with Crippen LogP contribution in [0.2, 0.25) is 0 Å². The van der Waals surface area contributed by atoms with Gasteiger partial charge in [-0.1, -0.05) is 32.0 Å². The van der Waals surface area contributed by atoms with E-state index >= 15 is 0 Å². The second-order valence-corrected chi connectivity index (χ2v) is 10.3. The van der Waals surface area contributed by atoms with Crippen molar-refractivity contribution in [3.8, 4) is 11.4 Å². The number of hydrogen-bond acceptors (Lipinski definition) is 5. The van der Waals surface area contributed by atoms with Gasteiger partial charge in [0, 0.05) is 17.8 Å². The fourth-order valence-corrected chi connectivity index (χ4v) is 4.95. The maximum absolute atomic E-state index is 13.1. The first-order chi connectivity index (χ1) is 16.1. The summed E-state index contributed by atoms with van der Waals surface area (Å²) in [6, 6.07) is 14.9. The van der Waals surface area contributed by atoms with E-state index in [1.165, 1.54) is 19.2 Å². The number of hydrogen-bond donors (Lipinski definition) is 2. The van der Waals surface area contributed by atoms with Crippen LogP contribution in [0, 0.1) is 19.8 Å². The number of aryl methyl sites for hydroxylation is 1. The van der Waals surface area contributed by atoms with Crippen molar-refractivity contribution in [1.29, 1.82) is 0 Å². The van der Waals surface area contributed by atoms with Crippen molar-refractivity contribution < 1.29 is 17.9 Å². The molecule has 8 nitrogen and oxygen atoms in total. The predicted octanol–water partition coefficient (Wildman–Crippen LogP) is 3.51. The van der Waals surface area contributed by atoms with Gasteiger partial charge in [0.2, 0.25) is 15.9 Å². The van der Waals surface area contributed by atoms with E-state index in [1.54, 1.807) is 12.1 Å². The zero-order chi connectivity index (χ0) is 24.9. The van der Waals surface area contributed by atoms with Gasteiger partial charge in [0.05, 0.1) is 23.4 Å². The molecular formula is C25H32N4O4S. The fourth-order valence-electron chi connectivity index (χ4n) is 3.74. The summed E-state index contributed by atoms with van der Waals surface area (Å²) in [5.41, 5.74) is 3.56. The van der Waals surface area contributed by atoms with Gasteiger partial charge in [0.15, 0.2) is 0 Å². The Morgan fingerprint density at radius 2 is 1.71 bits per heavy atom. The minimum Gasteiger partial charge on any atom is -0.497 e. The third-order valence-corrected chi connectivity index (χ3v) is 7.06. The molecule has 0 radical (unpaired) electrons. The molecule has 3 aromatic rings. The number of benzene rings is 2. The van der Waals surface area contributed by atoms with Crippen LogP contribution >= 0.6 is 0 Å². The summed E-state index contributed by atoms with van der Waals surface area (Å²) in [4.78, 5) is 13.2. The Labute approximate surface area is 201 Å². The summed E-state index contributed by atoms with van der Waals surface area (Å²) in [5, 5.41) is 7.51. The first-order valence-corrected chi connectivity index (χ1v) is 12.6. The lowest BCUT2D eigenvalue weighted by molar-refractivity contribution is -0.123. The standard InChI is InChI=1S/C25H32N4O4S/c1-17(2)15-24(28-34(31,32)22-13-11-21(33-5)12-14-22)25(30)26-16-23-18(3)27-29(19(23)4)20-9-7-6-8-10-20/h6-14,17,24,28H,15-16H2,1-5H3,(H,26,30). The van der Waals surface area contributed by atoms with E-state index in [2.05, 4.69) is 15.1 Å². The van der Waals surface area contributed by atoms with E-state index in [4.69, 9.17) is 4.74 Å². The number of sulfonamides is 1. The number of methoxy groups -OCH3 is 1. The zero-order valence-electron chi connectivity index (χ0n) is 20.2. The third-order valence-electron chi connectivity index (χ3n) is 5.57. The van der Waals surface area contributed by atoms with Crippen LogP contribution in [-0.4, -0.2) is 37.3 Å². The number of amides is 1. The Bertz CT molecular complexity index is 1220. The molecule has 2 aromatic carbocycles. The Morgan fingerprint density at radius 1 is 1.06 bits per heavy atom. The Morgan fingerprint density at radius 3 is 2.29 bits per heavy atom. The van der Waals surface area contributed by atoms with Gasteiger partial charge in [-0.2, -0.15) is 9.82 Å². The topological polar surface area (TPSA) is 102 Å². The lowest BCUT2D eigenvalue weighted by Gasteiger charge is -2.20. The highest BCUT2D eigenvalue weighted by molar-refractivity contribution is 7.89. The van der Waals surface area contributed by atoms with Crippen LogP contribution in [0.1, 0.15) is 37.2 Å². The molecule has 1 heterocycles. The molecule has 0 saturated heterocycles. The van der Waals surface area contributed by atoms with Gasteiger partial charge in [0.1, 0.15) is 11.8 Å². The molecule has 0 bridgehead atoms. The molecule has 9 heteroatoms. The number of ether oxygens (including phenoxy) is 1. The van der Waals surface area contributed by atoms with E-state index in [0.29, 0.717) is 12.2 Å². The Kier molecular flexibility index (Phi) is 8.11. The quantitative estimate of drug-likeness (QED) is 0.459. The van der Waals surface area contributed by atoms with Gasteiger partial charge < -0.3 is 10.1 Å². The van der Waals surface area contributed by atoms with Crippen LogP contribution in [0.4, 0.5) is 0 Å². The van der Waals surface area contributed by atoms with Crippen molar-refractivity contribution in [3.05, 3.63) is 71.5 Å². The molecule has 0 saturated carbocycles. The first-order valence-electron chi connectivity index (χ1n) is 11.2. The number of nitrogens with one attached hydrogen (secondary N) is 2. The van der Waals surface area contributed by atoms with Crippen LogP contribution in [0.15, 0.2) is 59.5 Å². The van der Waals surface area contributed by atoms with E-state index in [9.17, 15) is 13.2 Å². The van der Waals surface area contributed by atoms with Crippen molar-refractivity contribution in [2.75, 3.05) is 7.11 Å². The highest BCUT2D eigenvalue weighted by atomic mass is 32.2.